The van der Waals surface area contributed by atoms with Gasteiger partial charge in [0, 0.05) is 12.8 Å². The number of quaternary nitrogens is 1. The molecule has 0 heterocycles. The Hall–Kier alpha value is -1.25. The molecule has 0 fully saturated rings. The van der Waals surface area contributed by atoms with E-state index in [1.807, 2.05) is 21.1 Å². The van der Waals surface area contributed by atoms with Gasteiger partial charge in [0.15, 0.2) is 6.10 Å². The number of esters is 2. The second-order valence-electron chi connectivity index (χ2n) is 21.7. The number of ether oxygens (including phenoxy) is 2. The fraction of sp³-hybridized carbons (Fsp3) is 0.932. The Morgan fingerprint density at radius 1 is 0.435 bits per heavy atom. The smallest absolute Gasteiger partial charge is 0.462 e. The molecule has 0 amide bonds. The van der Waals surface area contributed by atoms with Crippen molar-refractivity contribution in [2.24, 2.45) is 0 Å². The van der Waals surface area contributed by atoms with Crippen LogP contribution in [0.5, 0.6) is 0 Å². The molecule has 0 aromatic rings. The van der Waals surface area contributed by atoms with Gasteiger partial charge in [0.25, 0.3) is 0 Å². The number of carbonyl (C=O) groups is 2. The SMILES string of the molecule is CCCC/C=C\CCCCCCCC(=O)OC(COC(=O)CCCCCCCCCCCCCCCCCCCCCCCCCCCCCCCCCCCC)COP(=O)(O)OCC[N+](C)(C)C. The fourth-order valence-corrected chi connectivity index (χ4v) is 9.62. The highest BCUT2D eigenvalue weighted by atomic mass is 31.2. The monoisotopic (exact) mass is 999 g/mol. The van der Waals surface area contributed by atoms with Crippen LogP contribution in [0.15, 0.2) is 12.2 Å². The molecule has 69 heavy (non-hydrogen) atoms. The van der Waals surface area contributed by atoms with E-state index in [1.165, 1.54) is 212 Å². The molecule has 0 spiro atoms. The maximum Gasteiger partial charge on any atom is 0.472 e. The topological polar surface area (TPSA) is 108 Å². The number of nitrogens with zero attached hydrogens (tertiary/aromatic N) is 1. The predicted molar refractivity (Wildman–Crippen MR) is 294 cm³/mol. The second-order valence-corrected chi connectivity index (χ2v) is 23.2. The zero-order valence-electron chi connectivity index (χ0n) is 46.6. The maximum absolute atomic E-state index is 12.7. The van der Waals surface area contributed by atoms with Crippen molar-refractivity contribution in [3.8, 4) is 0 Å². The van der Waals surface area contributed by atoms with Crippen molar-refractivity contribution in [1.29, 1.82) is 0 Å². The number of unbranched alkanes of at least 4 members (excludes halogenated alkanes) is 40. The Morgan fingerprint density at radius 3 is 1.12 bits per heavy atom. The van der Waals surface area contributed by atoms with E-state index in [1.54, 1.807) is 0 Å². The van der Waals surface area contributed by atoms with Crippen molar-refractivity contribution in [2.45, 2.75) is 309 Å². The standard InChI is InChI=1S/C59H116NO8P/c1-6-8-10-12-14-16-18-19-20-21-22-23-24-25-26-27-28-29-30-31-32-33-34-35-36-37-38-39-40-42-43-45-47-49-51-58(61)65-55-57(56-67-69(63,64)66-54-53-60(3,4)5)68-59(62)52-50-48-46-44-41-17-15-13-11-9-7-2/h13,15,57H,6-12,14,16-56H2,1-5H3/p+1/b15-13-. The van der Waals surface area contributed by atoms with Crippen LogP contribution < -0.4 is 0 Å². The van der Waals surface area contributed by atoms with E-state index in [0.717, 1.165) is 57.8 Å². The van der Waals surface area contributed by atoms with Crippen LogP contribution in [0.1, 0.15) is 303 Å². The van der Waals surface area contributed by atoms with Crippen molar-refractivity contribution in [3.05, 3.63) is 12.2 Å². The molecule has 410 valence electrons. The number of rotatable bonds is 56. The molecular weight excluding hydrogens is 882 g/mol. The van der Waals surface area contributed by atoms with E-state index >= 15 is 0 Å². The van der Waals surface area contributed by atoms with Gasteiger partial charge in [-0.1, -0.05) is 270 Å². The second kappa shape index (κ2) is 51.6. The molecule has 9 nitrogen and oxygen atoms in total. The van der Waals surface area contributed by atoms with Crippen LogP contribution in [-0.2, 0) is 32.7 Å². The lowest BCUT2D eigenvalue weighted by atomic mass is 10.0. The first-order valence-corrected chi connectivity index (χ1v) is 31.4. The lowest BCUT2D eigenvalue weighted by molar-refractivity contribution is -0.870. The third-order valence-electron chi connectivity index (χ3n) is 13.5. The molecule has 0 saturated heterocycles. The summed E-state index contributed by atoms with van der Waals surface area (Å²) in [5, 5.41) is 0. The molecule has 2 unspecified atom stereocenters. The van der Waals surface area contributed by atoms with Gasteiger partial charge < -0.3 is 18.9 Å². The predicted octanol–water partition coefficient (Wildman–Crippen LogP) is 18.4. The Bertz CT molecular complexity index is 1180. The number of likely N-dealkylation sites (N-methyl/N-ethyl adjacent to an activating group) is 1. The van der Waals surface area contributed by atoms with Gasteiger partial charge in [0.05, 0.1) is 27.7 Å². The van der Waals surface area contributed by atoms with Crippen LogP contribution in [0, 0.1) is 0 Å². The van der Waals surface area contributed by atoms with E-state index in [0.29, 0.717) is 23.9 Å². The van der Waals surface area contributed by atoms with E-state index in [-0.39, 0.29) is 25.6 Å². The van der Waals surface area contributed by atoms with Gasteiger partial charge in [0.2, 0.25) is 0 Å². The third kappa shape index (κ3) is 55.9. The van der Waals surface area contributed by atoms with Gasteiger partial charge in [-0.2, -0.15) is 0 Å². The van der Waals surface area contributed by atoms with Gasteiger partial charge in [0.1, 0.15) is 19.8 Å². The van der Waals surface area contributed by atoms with Crippen LogP contribution in [0.2, 0.25) is 0 Å². The average molecular weight is 1000 g/mol. The van der Waals surface area contributed by atoms with Gasteiger partial charge in [-0.25, -0.2) is 4.57 Å². The summed E-state index contributed by atoms with van der Waals surface area (Å²) in [6.07, 6.45) is 60.4. The molecule has 1 N–H and O–H groups in total. The maximum atomic E-state index is 12.7. The van der Waals surface area contributed by atoms with Gasteiger partial charge in [-0.05, 0) is 32.1 Å². The summed E-state index contributed by atoms with van der Waals surface area (Å²) in [5.41, 5.74) is 0. The molecule has 0 aromatic heterocycles. The molecule has 0 radical (unpaired) electrons. The molecule has 0 rings (SSSR count). The van der Waals surface area contributed by atoms with E-state index in [4.69, 9.17) is 18.5 Å². The Labute approximate surface area is 428 Å². The number of allylic oxidation sites excluding steroid dienone is 2. The minimum Gasteiger partial charge on any atom is -0.462 e. The van der Waals surface area contributed by atoms with Crippen molar-refractivity contribution in [2.75, 3.05) is 47.5 Å². The summed E-state index contributed by atoms with van der Waals surface area (Å²) in [7, 11) is 1.49. The minimum absolute atomic E-state index is 0.0333. The van der Waals surface area contributed by atoms with E-state index in [2.05, 4.69) is 26.0 Å². The lowest BCUT2D eigenvalue weighted by Crippen LogP contribution is -2.37. The first kappa shape index (κ1) is 67.8. The summed E-state index contributed by atoms with van der Waals surface area (Å²) < 4.78 is 34.4. The van der Waals surface area contributed by atoms with Gasteiger partial charge in [-0.15, -0.1) is 0 Å². The summed E-state index contributed by atoms with van der Waals surface area (Å²) in [4.78, 5) is 35.5. The number of phosphoric acid groups is 1. The highest BCUT2D eigenvalue weighted by molar-refractivity contribution is 7.47. The summed E-state index contributed by atoms with van der Waals surface area (Å²) in [6.45, 7) is 4.42. The first-order chi connectivity index (χ1) is 33.5. The van der Waals surface area contributed by atoms with E-state index in [9.17, 15) is 19.0 Å². The Balaban J connectivity index is 3.86. The zero-order chi connectivity index (χ0) is 50.6. The van der Waals surface area contributed by atoms with Crippen LogP contribution in [-0.4, -0.2) is 74.9 Å². The van der Waals surface area contributed by atoms with Crippen molar-refractivity contribution >= 4 is 19.8 Å². The molecule has 0 aromatic carbocycles. The molecule has 0 aliphatic heterocycles. The normalized spacial score (nSPS) is 13.3. The minimum atomic E-state index is -4.38. The van der Waals surface area contributed by atoms with Crippen LogP contribution in [0.3, 0.4) is 0 Å². The van der Waals surface area contributed by atoms with Crippen LogP contribution >= 0.6 is 7.82 Å². The number of phosphoric ester groups is 1. The third-order valence-corrected chi connectivity index (χ3v) is 14.5. The summed E-state index contributed by atoms with van der Waals surface area (Å²) >= 11 is 0. The molecule has 0 aliphatic rings. The molecular formula is C59H117NO8P+. The summed E-state index contributed by atoms with van der Waals surface area (Å²) in [6, 6.07) is 0. The van der Waals surface area contributed by atoms with Crippen molar-refractivity contribution in [1.82, 2.24) is 0 Å². The van der Waals surface area contributed by atoms with E-state index < -0.39 is 26.5 Å². The average Bonchev–Trinajstić information content (AvgIpc) is 3.31. The van der Waals surface area contributed by atoms with Crippen molar-refractivity contribution < 1.29 is 42.1 Å². The number of hydrogen-bond acceptors (Lipinski definition) is 7. The number of hydrogen-bond donors (Lipinski definition) is 1. The highest BCUT2D eigenvalue weighted by Gasteiger charge is 2.27. The fourth-order valence-electron chi connectivity index (χ4n) is 8.88. The molecule has 10 heteroatoms. The Kier molecular flexibility index (Phi) is 50.7. The van der Waals surface area contributed by atoms with Gasteiger partial charge >= 0.3 is 19.8 Å². The molecule has 0 saturated carbocycles. The van der Waals surface area contributed by atoms with Crippen LogP contribution in [0.4, 0.5) is 0 Å². The molecule has 0 bridgehead atoms. The summed E-state index contributed by atoms with van der Waals surface area (Å²) in [5.74, 6) is -0.794. The molecule has 0 aliphatic carbocycles. The highest BCUT2D eigenvalue weighted by Crippen LogP contribution is 2.43. The first-order valence-electron chi connectivity index (χ1n) is 29.9. The number of carbonyl (C=O) groups excluding carboxylic acids is 2. The van der Waals surface area contributed by atoms with Crippen molar-refractivity contribution in [3.63, 3.8) is 0 Å². The Morgan fingerprint density at radius 2 is 0.754 bits per heavy atom. The van der Waals surface area contributed by atoms with Crippen LogP contribution in [0.25, 0.3) is 0 Å². The molecule has 2 atom stereocenters. The zero-order valence-corrected chi connectivity index (χ0v) is 47.5. The largest absolute Gasteiger partial charge is 0.472 e. The van der Waals surface area contributed by atoms with Gasteiger partial charge in [-0.3, -0.25) is 18.6 Å². The quantitative estimate of drug-likeness (QED) is 0.0211. The lowest BCUT2D eigenvalue weighted by Gasteiger charge is -2.24.